The molecular formula is C22H35F3N2O6. The molecule has 0 amide bonds. The fourth-order valence-corrected chi connectivity index (χ4v) is 3.49. The third kappa shape index (κ3) is 12.0. The second kappa shape index (κ2) is 15.4. The van der Waals surface area contributed by atoms with E-state index in [1.807, 2.05) is 31.3 Å². The molecule has 0 spiro atoms. The fraction of sp³-hybridized carbons (Fsp3) is 0.727. The predicted octanol–water partition coefficient (Wildman–Crippen LogP) is 1.98. The third-order valence-corrected chi connectivity index (χ3v) is 5.11. The number of rotatable bonds is 17. The van der Waals surface area contributed by atoms with Crippen LogP contribution in [0.25, 0.3) is 0 Å². The van der Waals surface area contributed by atoms with Gasteiger partial charge in [0.15, 0.2) is 0 Å². The van der Waals surface area contributed by atoms with Crippen LogP contribution in [0.1, 0.15) is 18.0 Å². The van der Waals surface area contributed by atoms with E-state index in [9.17, 15) is 13.2 Å². The summed E-state index contributed by atoms with van der Waals surface area (Å²) in [6.45, 7) is 3.64. The van der Waals surface area contributed by atoms with Crippen LogP contribution in [0.3, 0.4) is 0 Å². The van der Waals surface area contributed by atoms with E-state index >= 15 is 0 Å². The normalized spacial score (nSPS) is 18.0. The summed E-state index contributed by atoms with van der Waals surface area (Å²) in [7, 11) is 1.94. The highest BCUT2D eigenvalue weighted by atomic mass is 19.4. The van der Waals surface area contributed by atoms with E-state index < -0.39 is 13.0 Å². The summed E-state index contributed by atoms with van der Waals surface area (Å²) in [4.78, 5) is 2.36. The first-order valence-electron chi connectivity index (χ1n) is 11.1. The highest BCUT2D eigenvalue weighted by molar-refractivity contribution is 5.29. The Balaban J connectivity index is 1.54. The molecule has 190 valence electrons. The first kappa shape index (κ1) is 27.8. The predicted molar refractivity (Wildman–Crippen MR) is 115 cm³/mol. The zero-order chi connectivity index (χ0) is 23.9. The molecule has 1 aromatic rings. The molecule has 2 atom stereocenters. The van der Waals surface area contributed by atoms with E-state index in [-0.39, 0.29) is 38.6 Å². The summed E-state index contributed by atoms with van der Waals surface area (Å²) in [5.41, 5.74) is 1.17. The van der Waals surface area contributed by atoms with Crippen molar-refractivity contribution in [3.63, 3.8) is 0 Å². The van der Waals surface area contributed by atoms with Crippen molar-refractivity contribution in [2.75, 3.05) is 79.5 Å². The van der Waals surface area contributed by atoms with Crippen LogP contribution in [-0.4, -0.2) is 102 Å². The van der Waals surface area contributed by atoms with Crippen LogP contribution in [0.4, 0.5) is 13.2 Å². The number of benzene rings is 1. The van der Waals surface area contributed by atoms with Crippen LogP contribution in [-0.2, 0) is 18.9 Å². The monoisotopic (exact) mass is 480 g/mol. The Bertz CT molecular complexity index is 636. The lowest BCUT2D eigenvalue weighted by Crippen LogP contribution is -2.33. The second-order valence-electron chi connectivity index (χ2n) is 7.54. The minimum Gasteiger partial charge on any atom is -0.491 e. The van der Waals surface area contributed by atoms with Crippen molar-refractivity contribution in [2.45, 2.75) is 24.9 Å². The van der Waals surface area contributed by atoms with Crippen LogP contribution < -0.4 is 10.1 Å². The number of nitrogens with zero attached hydrogens (tertiary/aromatic N) is 1. The summed E-state index contributed by atoms with van der Waals surface area (Å²) >= 11 is 0. The minimum absolute atomic E-state index is 0.0101. The smallest absolute Gasteiger partial charge is 0.491 e. The standard InChI is InChI=1S/C22H35F3N2O6/c1-26-21(18-2-4-19(5-3-18)31-9-8-28)17-27-7-6-20(16-27)32-14-12-29-10-11-30-13-15-33-22(23,24)25/h2-5,20-21,26,28H,6-17H2,1H3/t20-,21+/m0/s1. The van der Waals surface area contributed by atoms with Crippen molar-refractivity contribution in [1.29, 1.82) is 0 Å². The van der Waals surface area contributed by atoms with E-state index in [0.29, 0.717) is 19.8 Å². The minimum atomic E-state index is -4.62. The van der Waals surface area contributed by atoms with Crippen LogP contribution in [0.15, 0.2) is 24.3 Å². The van der Waals surface area contributed by atoms with Crippen molar-refractivity contribution in [3.05, 3.63) is 29.8 Å². The number of alkyl halides is 3. The van der Waals surface area contributed by atoms with E-state index in [1.165, 1.54) is 5.56 Å². The molecule has 1 saturated heterocycles. The molecule has 0 unspecified atom stereocenters. The summed E-state index contributed by atoms with van der Waals surface area (Å²) in [5, 5.41) is 12.2. The van der Waals surface area contributed by atoms with E-state index in [1.54, 1.807) is 0 Å². The van der Waals surface area contributed by atoms with Crippen LogP contribution in [0, 0.1) is 0 Å². The van der Waals surface area contributed by atoms with Crippen molar-refractivity contribution < 1.29 is 42.0 Å². The second-order valence-corrected chi connectivity index (χ2v) is 7.54. The van der Waals surface area contributed by atoms with Gasteiger partial charge in [0.25, 0.3) is 0 Å². The van der Waals surface area contributed by atoms with Gasteiger partial charge in [0.1, 0.15) is 12.4 Å². The number of likely N-dealkylation sites (tertiary alicyclic amines) is 1. The lowest BCUT2D eigenvalue weighted by atomic mass is 10.1. The van der Waals surface area contributed by atoms with Crippen LogP contribution in [0.5, 0.6) is 5.75 Å². The number of halogens is 3. The van der Waals surface area contributed by atoms with Gasteiger partial charge in [-0.15, -0.1) is 13.2 Å². The molecule has 1 aromatic carbocycles. The highest BCUT2D eigenvalue weighted by Crippen LogP contribution is 2.21. The molecule has 0 bridgehead atoms. The molecule has 1 fully saturated rings. The van der Waals surface area contributed by atoms with Gasteiger partial charge in [0.2, 0.25) is 0 Å². The largest absolute Gasteiger partial charge is 0.522 e. The van der Waals surface area contributed by atoms with Crippen molar-refractivity contribution in [1.82, 2.24) is 10.2 Å². The number of hydrogen-bond acceptors (Lipinski definition) is 8. The third-order valence-electron chi connectivity index (χ3n) is 5.11. The Morgan fingerprint density at radius 3 is 2.33 bits per heavy atom. The molecule has 0 radical (unpaired) electrons. The zero-order valence-corrected chi connectivity index (χ0v) is 19.0. The molecule has 2 N–H and O–H groups in total. The average molecular weight is 481 g/mol. The summed E-state index contributed by atoms with van der Waals surface area (Å²) in [5.74, 6) is 0.738. The molecular weight excluding hydrogens is 445 g/mol. The zero-order valence-electron chi connectivity index (χ0n) is 19.0. The van der Waals surface area contributed by atoms with E-state index in [2.05, 4.69) is 15.0 Å². The SMILES string of the molecule is CN[C@H](CN1CC[C@H](OCCOCCOCCOC(F)(F)F)C1)c1ccc(OCCO)cc1. The number of ether oxygens (including phenoxy) is 5. The molecule has 0 aromatic heterocycles. The maximum absolute atomic E-state index is 11.8. The first-order valence-corrected chi connectivity index (χ1v) is 11.1. The van der Waals surface area contributed by atoms with E-state index in [4.69, 9.17) is 24.1 Å². The molecule has 1 heterocycles. The Morgan fingerprint density at radius 1 is 1.03 bits per heavy atom. The summed E-state index contributed by atoms with van der Waals surface area (Å²) in [6.07, 6.45) is -3.52. The van der Waals surface area contributed by atoms with Gasteiger partial charge in [-0.2, -0.15) is 0 Å². The number of nitrogens with one attached hydrogen (secondary N) is 1. The molecule has 8 nitrogen and oxygen atoms in total. The van der Waals surface area contributed by atoms with Crippen molar-refractivity contribution in [2.24, 2.45) is 0 Å². The van der Waals surface area contributed by atoms with Gasteiger partial charge in [0, 0.05) is 25.7 Å². The highest BCUT2D eigenvalue weighted by Gasteiger charge is 2.28. The average Bonchev–Trinajstić information content (AvgIpc) is 3.24. The molecule has 1 aliphatic rings. The Kier molecular flexibility index (Phi) is 13.0. The maximum atomic E-state index is 11.8. The lowest BCUT2D eigenvalue weighted by Gasteiger charge is -2.24. The van der Waals surface area contributed by atoms with E-state index in [0.717, 1.165) is 31.8 Å². The van der Waals surface area contributed by atoms with Gasteiger partial charge < -0.3 is 29.4 Å². The van der Waals surface area contributed by atoms with Gasteiger partial charge in [0.05, 0.1) is 52.4 Å². The van der Waals surface area contributed by atoms with Gasteiger partial charge in [-0.05, 0) is 31.2 Å². The Morgan fingerprint density at radius 2 is 1.70 bits per heavy atom. The quantitative estimate of drug-likeness (QED) is 0.328. The van der Waals surface area contributed by atoms with Crippen LogP contribution >= 0.6 is 0 Å². The molecule has 33 heavy (non-hydrogen) atoms. The van der Waals surface area contributed by atoms with Gasteiger partial charge >= 0.3 is 6.36 Å². The molecule has 11 heteroatoms. The molecule has 0 aliphatic carbocycles. The summed E-state index contributed by atoms with van der Waals surface area (Å²) in [6, 6.07) is 8.06. The summed E-state index contributed by atoms with van der Waals surface area (Å²) < 4.78 is 60.7. The van der Waals surface area contributed by atoms with Gasteiger partial charge in [-0.3, -0.25) is 9.64 Å². The fourth-order valence-electron chi connectivity index (χ4n) is 3.49. The van der Waals surface area contributed by atoms with Gasteiger partial charge in [-0.25, -0.2) is 0 Å². The number of likely N-dealkylation sites (N-methyl/N-ethyl adjacent to an activating group) is 1. The maximum Gasteiger partial charge on any atom is 0.522 e. The first-order chi connectivity index (χ1) is 15.9. The van der Waals surface area contributed by atoms with Gasteiger partial charge in [-0.1, -0.05) is 12.1 Å². The Labute approximate surface area is 192 Å². The molecule has 0 saturated carbocycles. The molecule has 2 rings (SSSR count). The lowest BCUT2D eigenvalue weighted by molar-refractivity contribution is -0.327. The van der Waals surface area contributed by atoms with Crippen molar-refractivity contribution in [3.8, 4) is 5.75 Å². The number of hydrogen-bond donors (Lipinski definition) is 2. The molecule has 1 aliphatic heterocycles. The van der Waals surface area contributed by atoms with Crippen molar-refractivity contribution >= 4 is 0 Å². The number of aliphatic hydroxyl groups excluding tert-OH is 1. The Hall–Kier alpha value is -1.47. The topological polar surface area (TPSA) is 81.7 Å². The van der Waals surface area contributed by atoms with Crippen LogP contribution in [0.2, 0.25) is 0 Å². The number of aliphatic hydroxyl groups is 1.